The van der Waals surface area contributed by atoms with Gasteiger partial charge in [0, 0.05) is 28.0 Å². The fourth-order valence-electron chi connectivity index (χ4n) is 3.79. The van der Waals surface area contributed by atoms with Crippen molar-refractivity contribution in [1.29, 1.82) is 0 Å². The van der Waals surface area contributed by atoms with Crippen LogP contribution in [0.1, 0.15) is 36.9 Å². The van der Waals surface area contributed by atoms with E-state index < -0.39 is 17.6 Å². The van der Waals surface area contributed by atoms with Crippen molar-refractivity contribution < 1.29 is 18.7 Å². The van der Waals surface area contributed by atoms with E-state index in [1.807, 2.05) is 24.3 Å². The number of hydrogen-bond donors (Lipinski definition) is 3. The molecule has 0 aliphatic heterocycles. The largest absolute Gasteiger partial charge is 0.451 e. The number of carbonyl (C=O) groups is 2. The van der Waals surface area contributed by atoms with Gasteiger partial charge < -0.3 is 20.2 Å². The molecule has 0 aliphatic carbocycles. The second-order valence-corrected chi connectivity index (χ2v) is 9.30. The van der Waals surface area contributed by atoms with Crippen molar-refractivity contribution in [3.05, 3.63) is 65.9 Å². The van der Waals surface area contributed by atoms with Crippen LogP contribution in [0.5, 0.6) is 0 Å². The van der Waals surface area contributed by atoms with Crippen LogP contribution in [0.3, 0.4) is 0 Å². The summed E-state index contributed by atoms with van der Waals surface area (Å²) in [6, 6.07) is 16.1. The maximum Gasteiger partial charge on any atom is 0.412 e. The van der Waals surface area contributed by atoms with Gasteiger partial charge >= 0.3 is 6.09 Å². The molecule has 0 radical (unpaired) electrons. The van der Waals surface area contributed by atoms with Crippen molar-refractivity contribution in [3.63, 3.8) is 0 Å². The number of nitrogens with one attached hydrogen (secondary N) is 2. The number of aryl methyl sites for hydroxylation is 1. The number of hydrogen-bond acceptors (Lipinski definition) is 5. The van der Waals surface area contributed by atoms with Crippen molar-refractivity contribution in [3.8, 4) is 0 Å². The van der Waals surface area contributed by atoms with Gasteiger partial charge in [0.25, 0.3) is 5.91 Å². The normalized spacial score (nSPS) is 11.5. The van der Waals surface area contributed by atoms with Crippen LogP contribution in [0.4, 0.5) is 21.9 Å². The van der Waals surface area contributed by atoms with E-state index in [0.29, 0.717) is 34.9 Å². The lowest BCUT2D eigenvalue weighted by Gasteiger charge is -2.21. The first-order valence-electron chi connectivity index (χ1n) is 10.9. The second-order valence-electron chi connectivity index (χ2n) is 8.92. The number of benzene rings is 3. The maximum atomic E-state index is 13.1. The number of nitrogens with two attached hydrogens (primary N) is 1. The van der Waals surface area contributed by atoms with Gasteiger partial charge in [-0.2, -0.15) is 0 Å². The fourth-order valence-corrected chi connectivity index (χ4v) is 3.97. The molecule has 4 aromatic rings. The Kier molecular flexibility index (Phi) is 6.39. The molecule has 2 amide bonds. The summed E-state index contributed by atoms with van der Waals surface area (Å²) < 4.78 is 11.1. The Labute approximate surface area is 202 Å². The Hall–Kier alpha value is -3.71. The monoisotopic (exact) mass is 479 g/mol. The molecule has 0 saturated carbocycles. The van der Waals surface area contributed by atoms with E-state index in [2.05, 4.69) is 10.6 Å². The molecular formula is C26H26ClN3O4. The van der Waals surface area contributed by atoms with E-state index in [-0.39, 0.29) is 5.76 Å². The molecule has 0 atom stereocenters. The van der Waals surface area contributed by atoms with Gasteiger partial charge in [0.2, 0.25) is 0 Å². The lowest BCUT2D eigenvalue weighted by Crippen LogP contribution is -2.27. The number of nitrogen functional groups attached to an aromatic ring is 1. The molecule has 0 spiro atoms. The zero-order valence-corrected chi connectivity index (χ0v) is 20.0. The van der Waals surface area contributed by atoms with Crippen molar-refractivity contribution in [2.75, 3.05) is 22.2 Å². The average Bonchev–Trinajstić information content (AvgIpc) is 3.18. The van der Waals surface area contributed by atoms with Crippen LogP contribution in [0.25, 0.3) is 21.7 Å². The Morgan fingerprint density at radius 1 is 1.00 bits per heavy atom. The lowest BCUT2D eigenvalue weighted by atomic mass is 9.98. The van der Waals surface area contributed by atoms with Gasteiger partial charge in [-0.05, 0) is 68.5 Å². The predicted octanol–water partition coefficient (Wildman–Crippen LogP) is 6.55. The SMILES string of the molecule is CC(C)(C)OC(=O)Nc1cc(NC(=O)c2cc3cc(N)ccc3o2)c(CCCl)c2ccccc12. The van der Waals surface area contributed by atoms with Crippen LogP contribution in [0.2, 0.25) is 0 Å². The number of fused-ring (bicyclic) bond motifs is 2. The Balaban J connectivity index is 1.74. The van der Waals surface area contributed by atoms with Crippen LogP contribution in [-0.4, -0.2) is 23.5 Å². The van der Waals surface area contributed by atoms with Crippen LogP contribution in [0.15, 0.2) is 59.0 Å². The smallest absolute Gasteiger partial charge is 0.412 e. The highest BCUT2D eigenvalue weighted by atomic mass is 35.5. The number of amides is 2. The highest BCUT2D eigenvalue weighted by Gasteiger charge is 2.20. The van der Waals surface area contributed by atoms with Gasteiger partial charge in [-0.25, -0.2) is 4.79 Å². The number of ether oxygens (including phenoxy) is 1. The molecule has 4 N–H and O–H groups in total. The minimum atomic E-state index is -0.653. The van der Waals surface area contributed by atoms with E-state index in [0.717, 1.165) is 21.7 Å². The van der Waals surface area contributed by atoms with Crippen molar-refractivity contribution in [2.45, 2.75) is 32.8 Å². The van der Waals surface area contributed by atoms with Gasteiger partial charge in [-0.15, -0.1) is 11.6 Å². The minimum Gasteiger partial charge on any atom is -0.451 e. The number of alkyl halides is 1. The molecule has 0 saturated heterocycles. The van der Waals surface area contributed by atoms with Gasteiger partial charge in [-0.3, -0.25) is 10.1 Å². The fraction of sp³-hybridized carbons (Fsp3) is 0.231. The summed E-state index contributed by atoms with van der Waals surface area (Å²) >= 11 is 6.09. The highest BCUT2D eigenvalue weighted by molar-refractivity contribution is 6.18. The van der Waals surface area contributed by atoms with Crippen LogP contribution < -0.4 is 16.4 Å². The standard InChI is InChI=1S/C26H26ClN3O4/c1-26(2,3)34-25(32)30-21-14-20(19(10-11-27)17-6-4-5-7-18(17)21)29-24(31)23-13-15-12-16(28)8-9-22(15)33-23/h4-9,12-14H,10-11,28H2,1-3H3,(H,29,31)(H,30,32). The van der Waals surface area contributed by atoms with Crippen LogP contribution in [0, 0.1) is 0 Å². The van der Waals surface area contributed by atoms with Crippen LogP contribution >= 0.6 is 11.6 Å². The predicted molar refractivity (Wildman–Crippen MR) is 137 cm³/mol. The minimum absolute atomic E-state index is 0.146. The molecule has 0 fully saturated rings. The Bertz CT molecular complexity index is 1390. The summed E-state index contributed by atoms with van der Waals surface area (Å²) in [6.07, 6.45) is -0.0731. The molecule has 0 aliphatic rings. The maximum absolute atomic E-state index is 13.1. The number of furan rings is 1. The summed E-state index contributed by atoms with van der Waals surface area (Å²) in [5.74, 6) is 0.0756. The third-order valence-electron chi connectivity index (χ3n) is 5.15. The van der Waals surface area contributed by atoms with E-state index in [9.17, 15) is 9.59 Å². The van der Waals surface area contributed by atoms with Crippen molar-refractivity contribution in [2.24, 2.45) is 0 Å². The molecule has 176 valence electrons. The first-order chi connectivity index (χ1) is 16.1. The van der Waals surface area contributed by atoms with Crippen molar-refractivity contribution in [1.82, 2.24) is 0 Å². The van der Waals surface area contributed by atoms with E-state index in [1.165, 1.54) is 0 Å². The second kappa shape index (κ2) is 9.27. The topological polar surface area (TPSA) is 107 Å². The summed E-state index contributed by atoms with van der Waals surface area (Å²) in [6.45, 7) is 5.38. The molecule has 0 bridgehead atoms. The van der Waals surface area contributed by atoms with Crippen LogP contribution in [-0.2, 0) is 11.2 Å². The first-order valence-corrected chi connectivity index (χ1v) is 11.4. The van der Waals surface area contributed by atoms with Gasteiger partial charge in [0.1, 0.15) is 11.2 Å². The number of anilines is 3. The highest BCUT2D eigenvalue weighted by Crippen LogP contribution is 2.34. The van der Waals surface area contributed by atoms with E-state index in [4.69, 9.17) is 26.5 Å². The average molecular weight is 480 g/mol. The quantitative estimate of drug-likeness (QED) is 0.222. The third kappa shape index (κ3) is 5.10. The molecule has 1 heterocycles. The number of halogens is 1. The zero-order chi connectivity index (χ0) is 24.5. The van der Waals surface area contributed by atoms with E-state index in [1.54, 1.807) is 51.1 Å². The number of carbonyl (C=O) groups excluding carboxylic acids is 2. The molecular weight excluding hydrogens is 454 g/mol. The first kappa shape index (κ1) is 23.4. The Morgan fingerprint density at radius 3 is 2.44 bits per heavy atom. The lowest BCUT2D eigenvalue weighted by molar-refractivity contribution is 0.0636. The molecule has 0 unspecified atom stereocenters. The Morgan fingerprint density at radius 2 is 1.74 bits per heavy atom. The van der Waals surface area contributed by atoms with Gasteiger partial charge in [0.15, 0.2) is 5.76 Å². The summed E-state index contributed by atoms with van der Waals surface area (Å²) in [5.41, 5.74) is 8.21. The molecule has 34 heavy (non-hydrogen) atoms. The number of rotatable bonds is 5. The summed E-state index contributed by atoms with van der Waals surface area (Å²) in [4.78, 5) is 25.6. The molecule has 7 nitrogen and oxygen atoms in total. The molecule has 1 aromatic heterocycles. The summed E-state index contributed by atoms with van der Waals surface area (Å²) in [7, 11) is 0. The van der Waals surface area contributed by atoms with E-state index >= 15 is 0 Å². The van der Waals surface area contributed by atoms with Gasteiger partial charge in [0.05, 0.1) is 5.69 Å². The molecule has 4 rings (SSSR count). The van der Waals surface area contributed by atoms with Gasteiger partial charge in [-0.1, -0.05) is 24.3 Å². The zero-order valence-electron chi connectivity index (χ0n) is 19.2. The molecule has 8 heteroatoms. The third-order valence-corrected chi connectivity index (χ3v) is 5.34. The summed E-state index contributed by atoms with van der Waals surface area (Å²) in [5, 5.41) is 8.14. The molecule has 3 aromatic carbocycles. The van der Waals surface area contributed by atoms with Crippen molar-refractivity contribution >= 4 is 62.4 Å².